The van der Waals surface area contributed by atoms with E-state index in [1.54, 1.807) is 12.1 Å². The van der Waals surface area contributed by atoms with Gasteiger partial charge in [-0.2, -0.15) is 0 Å². The van der Waals surface area contributed by atoms with Crippen LogP contribution in [0.5, 0.6) is 11.5 Å². The van der Waals surface area contributed by atoms with Gasteiger partial charge in [0.15, 0.2) is 0 Å². The number of nitrogens with zero attached hydrogens (tertiary/aromatic N) is 2. The summed E-state index contributed by atoms with van der Waals surface area (Å²) in [7, 11) is 2.58. The molecule has 8 nitrogen and oxygen atoms in total. The van der Waals surface area contributed by atoms with Crippen LogP contribution >= 0.6 is 31.9 Å². The van der Waals surface area contributed by atoms with Crippen molar-refractivity contribution in [2.75, 3.05) is 14.2 Å². The summed E-state index contributed by atoms with van der Waals surface area (Å²) in [6, 6.07) is 5.72. The van der Waals surface area contributed by atoms with E-state index in [0.717, 1.165) is 0 Å². The highest BCUT2D eigenvalue weighted by Crippen LogP contribution is 2.47. The van der Waals surface area contributed by atoms with Crippen molar-refractivity contribution in [2.45, 2.75) is 0 Å². The van der Waals surface area contributed by atoms with E-state index in [0.29, 0.717) is 20.1 Å². The molecule has 0 aliphatic rings. The van der Waals surface area contributed by atoms with Gasteiger partial charge in [-0.25, -0.2) is 0 Å². The van der Waals surface area contributed by atoms with E-state index in [-0.39, 0.29) is 22.9 Å². The van der Waals surface area contributed by atoms with Crippen molar-refractivity contribution in [3.05, 3.63) is 53.4 Å². The molecule has 24 heavy (non-hydrogen) atoms. The summed E-state index contributed by atoms with van der Waals surface area (Å²) in [5.41, 5.74) is 0.0396. The maximum absolute atomic E-state index is 11.3. The van der Waals surface area contributed by atoms with Gasteiger partial charge >= 0.3 is 11.4 Å². The molecular formula is C14H10Br2N2O6. The monoisotopic (exact) mass is 460 g/mol. The van der Waals surface area contributed by atoms with E-state index >= 15 is 0 Å². The fourth-order valence-electron chi connectivity index (χ4n) is 2.26. The predicted octanol–water partition coefficient (Wildman–Crippen LogP) is 4.71. The van der Waals surface area contributed by atoms with E-state index in [9.17, 15) is 20.2 Å². The van der Waals surface area contributed by atoms with E-state index in [4.69, 9.17) is 9.47 Å². The average molecular weight is 462 g/mol. The molecule has 0 atom stereocenters. The van der Waals surface area contributed by atoms with Crippen LogP contribution in [0.1, 0.15) is 0 Å². The van der Waals surface area contributed by atoms with Crippen molar-refractivity contribution < 1.29 is 19.3 Å². The zero-order chi connectivity index (χ0) is 18.0. The molecule has 0 spiro atoms. The Morgan fingerprint density at radius 1 is 0.792 bits per heavy atom. The second-order valence-electron chi connectivity index (χ2n) is 4.53. The predicted molar refractivity (Wildman–Crippen MR) is 93.7 cm³/mol. The van der Waals surface area contributed by atoms with Gasteiger partial charge in [0.1, 0.15) is 0 Å². The fourth-order valence-corrected chi connectivity index (χ4v) is 3.15. The number of methoxy groups -OCH3 is 2. The van der Waals surface area contributed by atoms with E-state index in [2.05, 4.69) is 31.9 Å². The number of benzene rings is 2. The lowest BCUT2D eigenvalue weighted by Crippen LogP contribution is -2.00. The van der Waals surface area contributed by atoms with Crippen LogP contribution in [0.3, 0.4) is 0 Å². The summed E-state index contributed by atoms with van der Waals surface area (Å²) in [6.07, 6.45) is 0. The molecule has 0 aliphatic heterocycles. The Morgan fingerprint density at radius 2 is 1.12 bits per heavy atom. The minimum atomic E-state index is -0.591. The van der Waals surface area contributed by atoms with Crippen LogP contribution < -0.4 is 9.47 Å². The Kier molecular flexibility index (Phi) is 5.40. The number of halogens is 2. The number of nitro groups is 2. The second-order valence-corrected chi connectivity index (χ2v) is 6.36. The summed E-state index contributed by atoms with van der Waals surface area (Å²) in [5, 5.41) is 22.5. The highest BCUT2D eigenvalue weighted by atomic mass is 79.9. The first-order valence-electron chi connectivity index (χ1n) is 6.34. The van der Waals surface area contributed by atoms with Crippen LogP contribution in [0.4, 0.5) is 11.4 Å². The molecule has 2 rings (SSSR count). The van der Waals surface area contributed by atoms with Crippen molar-refractivity contribution in [2.24, 2.45) is 0 Å². The van der Waals surface area contributed by atoms with Gasteiger partial charge in [0, 0.05) is 32.2 Å². The van der Waals surface area contributed by atoms with Crippen LogP contribution in [-0.2, 0) is 0 Å². The number of hydrogen-bond donors (Lipinski definition) is 0. The lowest BCUT2D eigenvalue weighted by Gasteiger charge is -2.14. The number of rotatable bonds is 5. The molecule has 0 fully saturated rings. The summed E-state index contributed by atoms with van der Waals surface area (Å²) >= 11 is 6.42. The van der Waals surface area contributed by atoms with Crippen LogP contribution in [-0.4, -0.2) is 24.1 Å². The van der Waals surface area contributed by atoms with Crippen molar-refractivity contribution in [1.82, 2.24) is 0 Å². The molecule has 0 saturated carbocycles. The molecule has 10 heteroatoms. The van der Waals surface area contributed by atoms with Crippen LogP contribution in [0, 0.1) is 20.2 Å². The topological polar surface area (TPSA) is 105 Å². The molecular weight excluding hydrogens is 452 g/mol. The zero-order valence-corrected chi connectivity index (χ0v) is 15.6. The molecule has 0 heterocycles. The van der Waals surface area contributed by atoms with Gasteiger partial charge < -0.3 is 9.47 Å². The lowest BCUT2D eigenvalue weighted by atomic mass is 10.0. The standard InChI is InChI=1S/C14H10Br2N2O6/c1-23-13-9(3-7(15)5-11(13)17(19)20)10-4-8(16)6-12(18(21)22)14(10)24-2/h3-6H,1-2H3. The molecule has 0 N–H and O–H groups in total. The number of hydrogen-bond acceptors (Lipinski definition) is 6. The molecule has 0 radical (unpaired) electrons. The zero-order valence-electron chi connectivity index (χ0n) is 12.4. The molecule has 0 amide bonds. The Hall–Kier alpha value is -2.20. The van der Waals surface area contributed by atoms with E-state index < -0.39 is 9.85 Å². The van der Waals surface area contributed by atoms with Gasteiger partial charge in [-0.15, -0.1) is 0 Å². The Morgan fingerprint density at radius 3 is 1.38 bits per heavy atom. The maximum Gasteiger partial charge on any atom is 0.312 e. The molecule has 0 unspecified atom stereocenters. The minimum absolute atomic E-state index is 0.0195. The quantitative estimate of drug-likeness (QED) is 0.471. The number of ether oxygens (including phenoxy) is 2. The van der Waals surface area contributed by atoms with E-state index in [1.165, 1.54) is 26.4 Å². The Bertz CT molecular complexity index is 771. The summed E-state index contributed by atoms with van der Waals surface area (Å²) in [5.74, 6) is -0.0391. The first kappa shape index (κ1) is 18.1. The van der Waals surface area contributed by atoms with Crippen molar-refractivity contribution in [1.29, 1.82) is 0 Å². The van der Waals surface area contributed by atoms with E-state index in [1.807, 2.05) is 0 Å². The van der Waals surface area contributed by atoms with Gasteiger partial charge in [-0.1, -0.05) is 31.9 Å². The third-order valence-electron chi connectivity index (χ3n) is 3.16. The van der Waals surface area contributed by atoms with Gasteiger partial charge in [-0.3, -0.25) is 20.2 Å². The summed E-state index contributed by atoms with van der Waals surface area (Å²) in [4.78, 5) is 21.4. The largest absolute Gasteiger partial charge is 0.490 e. The molecule has 0 bridgehead atoms. The van der Waals surface area contributed by atoms with Crippen LogP contribution in [0.2, 0.25) is 0 Å². The lowest BCUT2D eigenvalue weighted by molar-refractivity contribution is -0.386. The molecule has 0 saturated heterocycles. The summed E-state index contributed by atoms with van der Waals surface area (Å²) in [6.45, 7) is 0. The second kappa shape index (κ2) is 7.14. The molecule has 0 aliphatic carbocycles. The molecule has 2 aromatic rings. The van der Waals surface area contributed by atoms with Crippen LogP contribution in [0.25, 0.3) is 11.1 Å². The Labute approximate surface area is 152 Å². The smallest absolute Gasteiger partial charge is 0.312 e. The maximum atomic E-state index is 11.3. The summed E-state index contributed by atoms with van der Waals surface area (Å²) < 4.78 is 11.2. The Balaban J connectivity index is 2.91. The molecule has 0 aromatic heterocycles. The first-order chi connectivity index (χ1) is 11.3. The minimum Gasteiger partial charge on any atom is -0.490 e. The number of nitro benzene ring substituents is 2. The van der Waals surface area contributed by atoms with Crippen LogP contribution in [0.15, 0.2) is 33.2 Å². The third kappa shape index (κ3) is 3.34. The van der Waals surface area contributed by atoms with Gasteiger partial charge in [-0.05, 0) is 12.1 Å². The van der Waals surface area contributed by atoms with Gasteiger partial charge in [0.25, 0.3) is 0 Å². The average Bonchev–Trinajstić information content (AvgIpc) is 2.52. The van der Waals surface area contributed by atoms with Crippen molar-refractivity contribution in [3.63, 3.8) is 0 Å². The molecule has 2 aromatic carbocycles. The fraction of sp³-hybridized carbons (Fsp3) is 0.143. The van der Waals surface area contributed by atoms with Crippen molar-refractivity contribution in [3.8, 4) is 22.6 Å². The SMILES string of the molecule is COc1c(-c2cc(Br)cc([N+](=O)[O-])c2OC)cc(Br)cc1[N+](=O)[O-]. The third-order valence-corrected chi connectivity index (χ3v) is 4.08. The van der Waals surface area contributed by atoms with Gasteiger partial charge in [0.2, 0.25) is 11.5 Å². The first-order valence-corrected chi connectivity index (χ1v) is 7.93. The normalized spacial score (nSPS) is 10.3. The van der Waals surface area contributed by atoms with Crippen molar-refractivity contribution >= 4 is 43.2 Å². The molecule has 126 valence electrons. The van der Waals surface area contributed by atoms with Gasteiger partial charge in [0.05, 0.1) is 24.1 Å². The highest BCUT2D eigenvalue weighted by molar-refractivity contribution is 9.10. The highest BCUT2D eigenvalue weighted by Gasteiger charge is 2.27.